The van der Waals surface area contributed by atoms with Gasteiger partial charge in [0.05, 0.1) is 12.2 Å². The molecule has 2 unspecified atom stereocenters. The van der Waals surface area contributed by atoms with Crippen molar-refractivity contribution in [2.75, 3.05) is 27.2 Å². The van der Waals surface area contributed by atoms with Gasteiger partial charge in [-0.05, 0) is 44.8 Å². The highest BCUT2D eigenvalue weighted by Crippen LogP contribution is 2.31. The predicted octanol–water partition coefficient (Wildman–Crippen LogP) is 2.00. The number of furan rings is 1. The van der Waals surface area contributed by atoms with Crippen molar-refractivity contribution in [3.63, 3.8) is 0 Å². The summed E-state index contributed by atoms with van der Waals surface area (Å²) in [5.41, 5.74) is 7.02. The van der Waals surface area contributed by atoms with E-state index < -0.39 is 24.5 Å². The van der Waals surface area contributed by atoms with E-state index >= 15 is 0 Å². The van der Waals surface area contributed by atoms with Crippen molar-refractivity contribution in [3.8, 4) is 5.75 Å². The van der Waals surface area contributed by atoms with Gasteiger partial charge in [0.15, 0.2) is 0 Å². The highest BCUT2D eigenvalue weighted by molar-refractivity contribution is 6.08. The standard InChI is InChI=1S/C23H27N3O5/c1-14-21(23(29)25-18(13-27)22(24)28)17-11-16(9-10-19(17)30-14)31-20(12-26(2)3)15-7-5-4-6-8-15/h4-11,18,20,27H,12-13H2,1-3H3,(H2,24,28)(H,25,29). The van der Waals surface area contributed by atoms with Crippen molar-refractivity contribution in [2.45, 2.75) is 19.1 Å². The Labute approximate surface area is 180 Å². The first kappa shape index (κ1) is 22.3. The number of carbonyl (C=O) groups is 2. The number of nitrogens with zero attached hydrogens (tertiary/aromatic N) is 1. The molecule has 0 fully saturated rings. The molecule has 1 heterocycles. The first-order valence-electron chi connectivity index (χ1n) is 9.90. The van der Waals surface area contributed by atoms with E-state index in [1.54, 1.807) is 25.1 Å². The molecular formula is C23H27N3O5. The molecule has 0 aliphatic rings. The zero-order valence-corrected chi connectivity index (χ0v) is 17.8. The van der Waals surface area contributed by atoms with Gasteiger partial charge in [0, 0.05) is 11.9 Å². The summed E-state index contributed by atoms with van der Waals surface area (Å²) in [4.78, 5) is 26.2. The highest BCUT2D eigenvalue weighted by Gasteiger charge is 2.24. The topological polar surface area (TPSA) is 118 Å². The summed E-state index contributed by atoms with van der Waals surface area (Å²) in [7, 11) is 3.95. The first-order valence-corrected chi connectivity index (χ1v) is 9.90. The number of amides is 2. The third kappa shape index (κ3) is 5.22. The minimum absolute atomic E-state index is 0.215. The van der Waals surface area contributed by atoms with Crippen molar-refractivity contribution >= 4 is 22.8 Å². The molecule has 2 atom stereocenters. The Bertz CT molecular complexity index is 1060. The first-order chi connectivity index (χ1) is 14.8. The average Bonchev–Trinajstić information content (AvgIpc) is 3.06. The Hall–Kier alpha value is -3.36. The Morgan fingerprint density at radius 3 is 2.52 bits per heavy atom. The minimum atomic E-state index is -1.18. The van der Waals surface area contributed by atoms with Crippen molar-refractivity contribution in [2.24, 2.45) is 5.73 Å². The zero-order chi connectivity index (χ0) is 22.5. The molecule has 4 N–H and O–H groups in total. The van der Waals surface area contributed by atoms with Gasteiger partial charge in [0.25, 0.3) is 5.91 Å². The molecule has 0 radical (unpaired) electrons. The number of hydrogen-bond acceptors (Lipinski definition) is 6. The van der Waals surface area contributed by atoms with E-state index in [2.05, 4.69) is 5.32 Å². The van der Waals surface area contributed by atoms with Crippen LogP contribution in [0.3, 0.4) is 0 Å². The maximum atomic E-state index is 12.8. The molecule has 0 saturated heterocycles. The lowest BCUT2D eigenvalue weighted by Gasteiger charge is -2.23. The molecule has 2 aromatic carbocycles. The third-order valence-electron chi connectivity index (χ3n) is 4.87. The van der Waals surface area contributed by atoms with Crippen LogP contribution in [-0.4, -0.2) is 55.1 Å². The van der Waals surface area contributed by atoms with Crippen LogP contribution >= 0.6 is 0 Å². The monoisotopic (exact) mass is 425 g/mol. The van der Waals surface area contributed by atoms with Gasteiger partial charge in [-0.2, -0.15) is 0 Å². The number of likely N-dealkylation sites (N-methyl/N-ethyl adjacent to an activating group) is 1. The van der Waals surface area contributed by atoms with Crippen LogP contribution in [0.4, 0.5) is 0 Å². The fourth-order valence-electron chi connectivity index (χ4n) is 3.37. The van der Waals surface area contributed by atoms with E-state index in [1.807, 2.05) is 49.3 Å². The molecule has 2 amide bonds. The Balaban J connectivity index is 1.93. The van der Waals surface area contributed by atoms with Crippen LogP contribution < -0.4 is 15.8 Å². The molecule has 0 spiro atoms. The SMILES string of the molecule is Cc1oc2ccc(OC(CN(C)C)c3ccccc3)cc2c1C(=O)NC(CO)C(N)=O. The number of fused-ring (bicyclic) bond motifs is 1. The van der Waals surface area contributed by atoms with Crippen LogP contribution in [0.5, 0.6) is 5.75 Å². The third-order valence-corrected chi connectivity index (χ3v) is 4.87. The lowest BCUT2D eigenvalue weighted by Crippen LogP contribution is -2.46. The van der Waals surface area contributed by atoms with E-state index in [1.165, 1.54) is 0 Å². The second-order valence-electron chi connectivity index (χ2n) is 7.58. The number of primary amides is 1. The second kappa shape index (κ2) is 9.63. The summed E-state index contributed by atoms with van der Waals surface area (Å²) in [6.45, 7) is 1.73. The molecule has 0 saturated carbocycles. The minimum Gasteiger partial charge on any atom is -0.484 e. The van der Waals surface area contributed by atoms with E-state index in [-0.39, 0.29) is 11.7 Å². The quantitative estimate of drug-likeness (QED) is 0.483. The zero-order valence-electron chi connectivity index (χ0n) is 17.8. The Kier molecular flexibility index (Phi) is 6.94. The van der Waals surface area contributed by atoms with Crippen LogP contribution in [0.25, 0.3) is 11.0 Å². The number of aliphatic hydroxyl groups excluding tert-OH is 1. The molecule has 3 aromatic rings. The van der Waals surface area contributed by atoms with E-state index in [4.69, 9.17) is 14.9 Å². The number of rotatable bonds is 9. The number of nitrogens with one attached hydrogen (secondary N) is 1. The fraction of sp³-hybridized carbons (Fsp3) is 0.304. The molecule has 8 nitrogen and oxygen atoms in total. The predicted molar refractivity (Wildman–Crippen MR) is 117 cm³/mol. The highest BCUT2D eigenvalue weighted by atomic mass is 16.5. The molecule has 31 heavy (non-hydrogen) atoms. The number of nitrogens with two attached hydrogens (primary N) is 1. The molecule has 3 rings (SSSR count). The Morgan fingerprint density at radius 2 is 1.90 bits per heavy atom. The molecule has 1 aromatic heterocycles. The smallest absolute Gasteiger partial charge is 0.256 e. The maximum absolute atomic E-state index is 12.8. The van der Waals surface area contributed by atoms with Crippen LogP contribution in [0.2, 0.25) is 0 Å². The van der Waals surface area contributed by atoms with Crippen LogP contribution in [0, 0.1) is 6.92 Å². The molecular weight excluding hydrogens is 398 g/mol. The molecule has 8 heteroatoms. The Morgan fingerprint density at radius 1 is 1.19 bits per heavy atom. The van der Waals surface area contributed by atoms with Crippen molar-refractivity contribution in [1.29, 1.82) is 0 Å². The van der Waals surface area contributed by atoms with Gasteiger partial charge in [-0.15, -0.1) is 0 Å². The normalized spacial score (nSPS) is 13.2. The summed E-state index contributed by atoms with van der Waals surface area (Å²) in [5.74, 6) is -0.413. The molecule has 0 bridgehead atoms. The number of carbonyl (C=O) groups excluding carboxylic acids is 2. The van der Waals surface area contributed by atoms with Gasteiger partial charge in [-0.1, -0.05) is 30.3 Å². The summed E-state index contributed by atoms with van der Waals surface area (Å²) in [5, 5.41) is 12.3. The molecule has 0 aliphatic heterocycles. The molecule has 164 valence electrons. The van der Waals surface area contributed by atoms with Gasteiger partial charge in [0.2, 0.25) is 5.91 Å². The van der Waals surface area contributed by atoms with E-state index in [9.17, 15) is 14.7 Å². The number of aryl methyl sites for hydroxylation is 1. The van der Waals surface area contributed by atoms with E-state index in [0.29, 0.717) is 29.0 Å². The number of aliphatic hydroxyl groups is 1. The average molecular weight is 425 g/mol. The molecule has 0 aliphatic carbocycles. The van der Waals surface area contributed by atoms with Crippen LogP contribution in [-0.2, 0) is 4.79 Å². The van der Waals surface area contributed by atoms with Crippen LogP contribution in [0.1, 0.15) is 27.8 Å². The maximum Gasteiger partial charge on any atom is 0.256 e. The summed E-state index contributed by atoms with van der Waals surface area (Å²) >= 11 is 0. The summed E-state index contributed by atoms with van der Waals surface area (Å²) < 4.78 is 12.0. The van der Waals surface area contributed by atoms with E-state index in [0.717, 1.165) is 5.56 Å². The van der Waals surface area contributed by atoms with Gasteiger partial charge >= 0.3 is 0 Å². The van der Waals surface area contributed by atoms with Crippen molar-refractivity contribution in [1.82, 2.24) is 10.2 Å². The largest absolute Gasteiger partial charge is 0.484 e. The number of hydrogen-bond donors (Lipinski definition) is 3. The lowest BCUT2D eigenvalue weighted by atomic mass is 10.1. The number of ether oxygens (including phenoxy) is 1. The van der Waals surface area contributed by atoms with Crippen molar-refractivity contribution in [3.05, 3.63) is 65.4 Å². The second-order valence-corrected chi connectivity index (χ2v) is 7.58. The number of benzene rings is 2. The van der Waals surface area contributed by atoms with Crippen molar-refractivity contribution < 1.29 is 23.8 Å². The van der Waals surface area contributed by atoms with Gasteiger partial charge in [-0.25, -0.2) is 0 Å². The lowest BCUT2D eigenvalue weighted by molar-refractivity contribution is -0.120. The fourth-order valence-corrected chi connectivity index (χ4v) is 3.37. The summed E-state index contributed by atoms with van der Waals surface area (Å²) in [6, 6.07) is 14.0. The van der Waals surface area contributed by atoms with Crippen LogP contribution in [0.15, 0.2) is 52.9 Å². The van der Waals surface area contributed by atoms with Gasteiger partial charge in [0.1, 0.15) is 29.2 Å². The summed E-state index contributed by atoms with van der Waals surface area (Å²) in [6.07, 6.45) is -0.215. The van der Waals surface area contributed by atoms with Gasteiger partial charge < -0.3 is 30.2 Å². The van der Waals surface area contributed by atoms with Gasteiger partial charge in [-0.3, -0.25) is 9.59 Å².